The maximum atomic E-state index is 13.1. The third kappa shape index (κ3) is 4.57. The van der Waals surface area contributed by atoms with Gasteiger partial charge in [-0.05, 0) is 30.8 Å². The summed E-state index contributed by atoms with van der Waals surface area (Å²) >= 11 is 0. The predicted molar refractivity (Wildman–Crippen MR) is 97.0 cm³/mol. The SMILES string of the molecule is CCN1CCN(C(=O)c2ccc(Nc3ccccc3C(F)(F)F)nc2)CC1. The average molecular weight is 378 g/mol. The quantitative estimate of drug-likeness (QED) is 0.883. The van der Waals surface area contributed by atoms with Gasteiger partial charge in [0, 0.05) is 32.4 Å². The molecule has 1 saturated heterocycles. The van der Waals surface area contributed by atoms with Crippen molar-refractivity contribution >= 4 is 17.4 Å². The predicted octanol–water partition coefficient (Wildman–Crippen LogP) is 3.62. The molecule has 27 heavy (non-hydrogen) atoms. The van der Waals surface area contributed by atoms with E-state index in [2.05, 4.69) is 22.1 Å². The Bertz CT molecular complexity index is 784. The number of para-hydroxylation sites is 1. The van der Waals surface area contributed by atoms with Gasteiger partial charge in [0.25, 0.3) is 5.91 Å². The highest BCUT2D eigenvalue weighted by atomic mass is 19.4. The van der Waals surface area contributed by atoms with Crippen LogP contribution in [0.3, 0.4) is 0 Å². The lowest BCUT2D eigenvalue weighted by molar-refractivity contribution is -0.136. The topological polar surface area (TPSA) is 48.5 Å². The van der Waals surface area contributed by atoms with Crippen LogP contribution in [0, 0.1) is 0 Å². The Labute approximate surface area is 155 Å². The average Bonchev–Trinajstić information content (AvgIpc) is 2.68. The zero-order valence-corrected chi connectivity index (χ0v) is 15.0. The fraction of sp³-hybridized carbons (Fsp3) is 0.368. The molecule has 8 heteroatoms. The van der Waals surface area contributed by atoms with Crippen molar-refractivity contribution in [3.63, 3.8) is 0 Å². The normalized spacial score (nSPS) is 15.6. The fourth-order valence-electron chi connectivity index (χ4n) is 3.02. The zero-order chi connectivity index (χ0) is 19.4. The maximum absolute atomic E-state index is 13.1. The molecule has 0 atom stereocenters. The summed E-state index contributed by atoms with van der Waals surface area (Å²) in [7, 11) is 0. The Morgan fingerprint density at radius 3 is 2.41 bits per heavy atom. The summed E-state index contributed by atoms with van der Waals surface area (Å²) in [6.45, 7) is 6.04. The smallest absolute Gasteiger partial charge is 0.340 e. The zero-order valence-electron chi connectivity index (χ0n) is 15.0. The minimum atomic E-state index is -4.46. The second-order valence-corrected chi connectivity index (χ2v) is 6.33. The van der Waals surface area contributed by atoms with Gasteiger partial charge in [-0.15, -0.1) is 0 Å². The number of carbonyl (C=O) groups excluding carboxylic acids is 1. The Balaban J connectivity index is 1.69. The van der Waals surface area contributed by atoms with E-state index in [-0.39, 0.29) is 17.4 Å². The Kier molecular flexibility index (Phi) is 5.65. The molecule has 0 unspecified atom stereocenters. The van der Waals surface area contributed by atoms with Crippen molar-refractivity contribution in [3.05, 3.63) is 53.7 Å². The standard InChI is InChI=1S/C19H21F3N4O/c1-2-25-9-11-26(12-10-25)18(27)14-7-8-17(23-13-14)24-16-6-4-3-5-15(16)19(20,21)22/h3-8,13H,2,9-12H2,1H3,(H,23,24). The Hall–Kier alpha value is -2.61. The first kappa shape index (κ1) is 19.2. The molecule has 1 aliphatic heterocycles. The van der Waals surface area contributed by atoms with Crippen LogP contribution < -0.4 is 5.32 Å². The van der Waals surface area contributed by atoms with E-state index in [4.69, 9.17) is 0 Å². The Morgan fingerprint density at radius 2 is 1.81 bits per heavy atom. The monoisotopic (exact) mass is 378 g/mol. The molecule has 0 bridgehead atoms. The number of alkyl halides is 3. The minimum Gasteiger partial charge on any atom is -0.340 e. The third-order valence-electron chi connectivity index (χ3n) is 4.61. The van der Waals surface area contributed by atoms with Crippen LogP contribution in [0.25, 0.3) is 0 Å². The van der Waals surface area contributed by atoms with Crippen molar-refractivity contribution in [2.24, 2.45) is 0 Å². The molecule has 0 saturated carbocycles. The van der Waals surface area contributed by atoms with Gasteiger partial charge in [0.1, 0.15) is 5.82 Å². The molecule has 144 valence electrons. The van der Waals surface area contributed by atoms with Crippen molar-refractivity contribution in [2.45, 2.75) is 13.1 Å². The fourth-order valence-corrected chi connectivity index (χ4v) is 3.02. The number of aromatic nitrogens is 1. The molecule has 1 amide bonds. The molecule has 1 aliphatic rings. The molecule has 5 nitrogen and oxygen atoms in total. The lowest BCUT2D eigenvalue weighted by atomic mass is 10.1. The summed E-state index contributed by atoms with van der Waals surface area (Å²) in [6, 6.07) is 8.31. The van der Waals surface area contributed by atoms with Crippen LogP contribution in [0.4, 0.5) is 24.7 Å². The van der Waals surface area contributed by atoms with Crippen LogP contribution in [-0.2, 0) is 6.18 Å². The van der Waals surface area contributed by atoms with E-state index in [1.165, 1.54) is 30.5 Å². The van der Waals surface area contributed by atoms with E-state index in [0.717, 1.165) is 25.7 Å². The van der Waals surface area contributed by atoms with Crippen LogP contribution in [0.1, 0.15) is 22.8 Å². The van der Waals surface area contributed by atoms with Crippen LogP contribution in [0.5, 0.6) is 0 Å². The highest BCUT2D eigenvalue weighted by molar-refractivity contribution is 5.94. The number of carbonyl (C=O) groups is 1. The largest absolute Gasteiger partial charge is 0.418 e. The number of amides is 1. The second-order valence-electron chi connectivity index (χ2n) is 6.33. The Morgan fingerprint density at radius 1 is 1.11 bits per heavy atom. The molecule has 0 spiro atoms. The lowest BCUT2D eigenvalue weighted by Gasteiger charge is -2.34. The van der Waals surface area contributed by atoms with Gasteiger partial charge in [0.15, 0.2) is 0 Å². The molecule has 1 N–H and O–H groups in total. The number of rotatable bonds is 4. The van der Waals surface area contributed by atoms with Crippen LogP contribution >= 0.6 is 0 Å². The number of halogens is 3. The molecule has 3 rings (SSSR count). The molecule has 2 heterocycles. The summed E-state index contributed by atoms with van der Waals surface area (Å²) in [6.07, 6.45) is -3.06. The molecule has 0 aliphatic carbocycles. The summed E-state index contributed by atoms with van der Waals surface area (Å²) in [5.74, 6) is 0.138. The van der Waals surface area contributed by atoms with Gasteiger partial charge in [0.05, 0.1) is 16.8 Å². The van der Waals surface area contributed by atoms with Crippen molar-refractivity contribution in [1.82, 2.24) is 14.8 Å². The second kappa shape index (κ2) is 7.96. The number of anilines is 2. The van der Waals surface area contributed by atoms with Gasteiger partial charge >= 0.3 is 6.18 Å². The van der Waals surface area contributed by atoms with E-state index >= 15 is 0 Å². The lowest BCUT2D eigenvalue weighted by Crippen LogP contribution is -2.48. The number of pyridine rings is 1. The summed E-state index contributed by atoms with van der Waals surface area (Å²) in [5, 5.41) is 2.68. The molecular formula is C19H21F3N4O. The van der Waals surface area contributed by atoms with E-state index in [0.29, 0.717) is 18.7 Å². The molecule has 0 radical (unpaired) electrons. The number of hydrogen-bond donors (Lipinski definition) is 1. The molecule has 1 aromatic heterocycles. The highest BCUT2D eigenvalue weighted by Gasteiger charge is 2.33. The van der Waals surface area contributed by atoms with Crippen molar-refractivity contribution in [3.8, 4) is 0 Å². The third-order valence-corrected chi connectivity index (χ3v) is 4.61. The number of nitrogens with one attached hydrogen (secondary N) is 1. The first-order chi connectivity index (χ1) is 12.9. The van der Waals surface area contributed by atoms with E-state index < -0.39 is 11.7 Å². The van der Waals surface area contributed by atoms with Crippen LogP contribution in [0.15, 0.2) is 42.6 Å². The summed E-state index contributed by atoms with van der Waals surface area (Å²) in [5.41, 5.74) is -0.414. The maximum Gasteiger partial charge on any atom is 0.418 e. The number of likely N-dealkylation sites (N-methyl/N-ethyl adjacent to an activating group) is 1. The van der Waals surface area contributed by atoms with Gasteiger partial charge in [0.2, 0.25) is 0 Å². The van der Waals surface area contributed by atoms with Crippen LogP contribution in [0.2, 0.25) is 0 Å². The number of nitrogens with zero attached hydrogens (tertiary/aromatic N) is 3. The van der Waals surface area contributed by atoms with E-state index in [9.17, 15) is 18.0 Å². The molecular weight excluding hydrogens is 357 g/mol. The molecule has 2 aromatic rings. The number of piperazine rings is 1. The molecule has 1 aromatic carbocycles. The first-order valence-corrected chi connectivity index (χ1v) is 8.79. The first-order valence-electron chi connectivity index (χ1n) is 8.79. The number of hydrogen-bond acceptors (Lipinski definition) is 4. The highest BCUT2D eigenvalue weighted by Crippen LogP contribution is 2.35. The van der Waals surface area contributed by atoms with Crippen molar-refractivity contribution in [1.29, 1.82) is 0 Å². The van der Waals surface area contributed by atoms with Gasteiger partial charge < -0.3 is 15.1 Å². The van der Waals surface area contributed by atoms with Gasteiger partial charge in [-0.2, -0.15) is 13.2 Å². The van der Waals surface area contributed by atoms with E-state index in [1.54, 1.807) is 11.0 Å². The minimum absolute atomic E-state index is 0.0766. The summed E-state index contributed by atoms with van der Waals surface area (Å²) < 4.78 is 39.2. The van der Waals surface area contributed by atoms with E-state index in [1.807, 2.05) is 0 Å². The van der Waals surface area contributed by atoms with Gasteiger partial charge in [-0.3, -0.25) is 4.79 Å². The van der Waals surface area contributed by atoms with Crippen LogP contribution in [-0.4, -0.2) is 53.4 Å². The van der Waals surface area contributed by atoms with Crippen molar-refractivity contribution < 1.29 is 18.0 Å². The van der Waals surface area contributed by atoms with Gasteiger partial charge in [-0.25, -0.2) is 4.98 Å². The number of benzene rings is 1. The summed E-state index contributed by atoms with van der Waals surface area (Å²) in [4.78, 5) is 20.7. The molecule has 1 fully saturated rings. The van der Waals surface area contributed by atoms with Gasteiger partial charge in [-0.1, -0.05) is 19.1 Å². The van der Waals surface area contributed by atoms with Crippen molar-refractivity contribution in [2.75, 3.05) is 38.0 Å².